The number of aliphatic imine (C=N–C) groups is 1. The van der Waals surface area contributed by atoms with Gasteiger partial charge in [-0.2, -0.15) is 0 Å². The van der Waals surface area contributed by atoms with Crippen molar-refractivity contribution in [3.8, 4) is 0 Å². The summed E-state index contributed by atoms with van der Waals surface area (Å²) in [5, 5.41) is 6.60. The van der Waals surface area contributed by atoms with Crippen molar-refractivity contribution in [3.63, 3.8) is 0 Å². The molecule has 8 heteroatoms. The van der Waals surface area contributed by atoms with Crippen molar-refractivity contribution in [1.29, 1.82) is 0 Å². The second kappa shape index (κ2) is 13.2. The summed E-state index contributed by atoms with van der Waals surface area (Å²) >= 11 is 0. The lowest BCUT2D eigenvalue weighted by molar-refractivity contribution is -0.0149. The van der Waals surface area contributed by atoms with E-state index in [1.54, 1.807) is 12.1 Å². The van der Waals surface area contributed by atoms with Crippen molar-refractivity contribution in [3.05, 3.63) is 65.2 Å². The van der Waals surface area contributed by atoms with E-state index in [9.17, 15) is 8.42 Å². The third-order valence-electron chi connectivity index (χ3n) is 4.48. The molecule has 0 aliphatic carbocycles. The highest BCUT2D eigenvalue weighted by atomic mass is 127. The van der Waals surface area contributed by atoms with Crippen molar-refractivity contribution >= 4 is 39.8 Å². The first-order chi connectivity index (χ1) is 14.6. The number of halogens is 1. The fourth-order valence-corrected chi connectivity index (χ4v) is 3.49. The summed E-state index contributed by atoms with van der Waals surface area (Å²) in [6.45, 7) is 10.8. The van der Waals surface area contributed by atoms with E-state index in [0.29, 0.717) is 24.6 Å². The Bertz CT molecular complexity index is 969. The minimum Gasteiger partial charge on any atom is -0.371 e. The molecule has 0 atom stereocenters. The molecule has 2 aromatic carbocycles. The van der Waals surface area contributed by atoms with Crippen LogP contribution < -0.4 is 10.6 Å². The lowest BCUT2D eigenvalue weighted by Gasteiger charge is -2.19. The summed E-state index contributed by atoms with van der Waals surface area (Å²) in [6.07, 6.45) is 1.99. The topological polar surface area (TPSA) is 79.8 Å². The lowest BCUT2D eigenvalue weighted by atomic mass is 10.1. The highest BCUT2D eigenvalue weighted by Crippen LogP contribution is 2.14. The van der Waals surface area contributed by atoms with E-state index in [1.165, 1.54) is 6.26 Å². The van der Waals surface area contributed by atoms with Gasteiger partial charge in [-0.05, 0) is 62.9 Å². The van der Waals surface area contributed by atoms with E-state index in [2.05, 4.69) is 54.6 Å². The van der Waals surface area contributed by atoms with Gasteiger partial charge in [-0.1, -0.05) is 36.4 Å². The van der Waals surface area contributed by atoms with Crippen LogP contribution in [0.4, 0.5) is 0 Å². The van der Waals surface area contributed by atoms with Gasteiger partial charge in [-0.3, -0.25) is 0 Å². The minimum absolute atomic E-state index is 0. The molecule has 178 valence electrons. The van der Waals surface area contributed by atoms with Crippen molar-refractivity contribution in [2.45, 2.75) is 57.8 Å². The van der Waals surface area contributed by atoms with Gasteiger partial charge in [0.15, 0.2) is 15.8 Å². The van der Waals surface area contributed by atoms with E-state index >= 15 is 0 Å². The first kappa shape index (κ1) is 28.4. The van der Waals surface area contributed by atoms with Crippen molar-refractivity contribution in [1.82, 2.24) is 10.6 Å². The van der Waals surface area contributed by atoms with Crippen LogP contribution in [-0.4, -0.2) is 39.3 Å². The molecule has 0 aromatic heterocycles. The second-order valence-corrected chi connectivity index (χ2v) is 10.5. The monoisotopic (exact) mass is 573 g/mol. The van der Waals surface area contributed by atoms with Crippen LogP contribution >= 0.6 is 24.0 Å². The number of hydrogen-bond donors (Lipinski definition) is 2. The van der Waals surface area contributed by atoms with Gasteiger partial charge < -0.3 is 15.4 Å². The van der Waals surface area contributed by atoms with Crippen LogP contribution in [0.1, 0.15) is 44.4 Å². The Balaban J connectivity index is 0.00000512. The number of guanidine groups is 1. The molecule has 2 aromatic rings. The van der Waals surface area contributed by atoms with Gasteiger partial charge in [0.2, 0.25) is 0 Å². The third-order valence-corrected chi connectivity index (χ3v) is 5.61. The zero-order valence-electron chi connectivity index (χ0n) is 19.6. The maximum Gasteiger partial charge on any atom is 0.191 e. The Morgan fingerprint density at radius 2 is 1.66 bits per heavy atom. The maximum atomic E-state index is 11.6. The number of rotatable bonds is 9. The maximum absolute atomic E-state index is 11.6. The van der Waals surface area contributed by atoms with Crippen LogP contribution in [-0.2, 0) is 34.1 Å². The number of nitrogens with one attached hydrogen (secondary N) is 2. The highest BCUT2D eigenvalue weighted by Gasteiger charge is 2.10. The Hall–Kier alpha value is -1.65. The molecule has 0 spiro atoms. The lowest BCUT2D eigenvalue weighted by Crippen LogP contribution is -2.38. The Labute approximate surface area is 210 Å². The van der Waals surface area contributed by atoms with Gasteiger partial charge in [-0.25, -0.2) is 13.4 Å². The number of ether oxygens (including phenoxy) is 1. The average molecular weight is 574 g/mol. The Morgan fingerprint density at radius 1 is 1.00 bits per heavy atom. The number of hydrogen-bond acceptors (Lipinski definition) is 4. The van der Waals surface area contributed by atoms with Crippen LogP contribution in [0.2, 0.25) is 0 Å². The summed E-state index contributed by atoms with van der Waals surface area (Å²) < 4.78 is 29.0. The number of nitrogens with zero attached hydrogens (tertiary/aromatic N) is 1. The first-order valence-corrected chi connectivity index (χ1v) is 12.5. The molecule has 0 radical (unpaired) electrons. The Kier molecular flexibility index (Phi) is 11.7. The molecule has 0 aliphatic rings. The molecule has 0 bridgehead atoms. The molecule has 6 nitrogen and oxygen atoms in total. The molecular formula is C24H36IN3O3S. The van der Waals surface area contributed by atoms with E-state index in [4.69, 9.17) is 4.74 Å². The van der Waals surface area contributed by atoms with Crippen LogP contribution in [0.5, 0.6) is 0 Å². The van der Waals surface area contributed by atoms with E-state index in [-0.39, 0.29) is 29.6 Å². The third kappa shape index (κ3) is 10.8. The van der Waals surface area contributed by atoms with E-state index in [1.807, 2.05) is 25.1 Å². The molecule has 2 rings (SSSR count). The quantitative estimate of drug-likeness (QED) is 0.266. The normalized spacial score (nSPS) is 12.2. The van der Waals surface area contributed by atoms with Crippen LogP contribution in [0.3, 0.4) is 0 Å². The standard InChI is InChI=1S/C24H35N3O3S.HI/c1-6-25-23(26-15-14-19-10-12-22(13-11-19)31(5,28)29)27-17-20-8-7-9-21(16-20)18-30-24(2,3)4;/h7-13,16H,6,14-15,17-18H2,1-5H3,(H2,25,26,27);1H. The summed E-state index contributed by atoms with van der Waals surface area (Å²) in [5.41, 5.74) is 3.17. The predicted molar refractivity (Wildman–Crippen MR) is 142 cm³/mol. The number of benzene rings is 2. The molecule has 0 heterocycles. The molecule has 0 unspecified atom stereocenters. The van der Waals surface area contributed by atoms with Crippen LogP contribution in [0.15, 0.2) is 58.4 Å². The van der Waals surface area contributed by atoms with E-state index < -0.39 is 9.84 Å². The van der Waals surface area contributed by atoms with Gasteiger partial charge in [0.1, 0.15) is 0 Å². The summed E-state index contributed by atoms with van der Waals surface area (Å²) in [7, 11) is -3.16. The first-order valence-electron chi connectivity index (χ1n) is 10.6. The van der Waals surface area contributed by atoms with Gasteiger partial charge in [0.05, 0.1) is 23.6 Å². The van der Waals surface area contributed by atoms with Crippen molar-refractivity contribution in [2.75, 3.05) is 19.3 Å². The van der Waals surface area contributed by atoms with Gasteiger partial charge in [-0.15, -0.1) is 24.0 Å². The average Bonchev–Trinajstić information content (AvgIpc) is 2.70. The molecule has 0 amide bonds. The molecule has 0 saturated carbocycles. The van der Waals surface area contributed by atoms with Gasteiger partial charge in [0, 0.05) is 19.3 Å². The largest absolute Gasteiger partial charge is 0.371 e. The SMILES string of the molecule is CCNC(=NCc1cccc(COC(C)(C)C)c1)NCCc1ccc(S(C)(=O)=O)cc1.I. The molecule has 0 fully saturated rings. The zero-order valence-corrected chi connectivity index (χ0v) is 22.8. The molecule has 0 aliphatic heterocycles. The molecule has 32 heavy (non-hydrogen) atoms. The van der Waals surface area contributed by atoms with Crippen molar-refractivity contribution < 1.29 is 13.2 Å². The van der Waals surface area contributed by atoms with Crippen LogP contribution in [0.25, 0.3) is 0 Å². The zero-order chi connectivity index (χ0) is 22.9. The van der Waals surface area contributed by atoms with Crippen molar-refractivity contribution in [2.24, 2.45) is 4.99 Å². The summed E-state index contributed by atoms with van der Waals surface area (Å²) in [6, 6.07) is 15.3. The summed E-state index contributed by atoms with van der Waals surface area (Å²) in [5.74, 6) is 0.756. The van der Waals surface area contributed by atoms with Gasteiger partial charge >= 0.3 is 0 Å². The molecule has 2 N–H and O–H groups in total. The van der Waals surface area contributed by atoms with E-state index in [0.717, 1.165) is 35.6 Å². The Morgan fingerprint density at radius 3 is 2.25 bits per heavy atom. The van der Waals surface area contributed by atoms with Crippen LogP contribution in [0, 0.1) is 0 Å². The molecular weight excluding hydrogens is 537 g/mol. The van der Waals surface area contributed by atoms with Gasteiger partial charge in [0.25, 0.3) is 0 Å². The molecule has 0 saturated heterocycles. The highest BCUT2D eigenvalue weighted by molar-refractivity contribution is 14.0. The number of sulfone groups is 1. The fraction of sp³-hybridized carbons (Fsp3) is 0.458. The minimum atomic E-state index is -3.16. The summed E-state index contributed by atoms with van der Waals surface area (Å²) in [4.78, 5) is 5.03. The smallest absolute Gasteiger partial charge is 0.191 e. The second-order valence-electron chi connectivity index (χ2n) is 8.51. The predicted octanol–water partition coefficient (Wildman–Crippen LogP) is 4.32. The fourth-order valence-electron chi connectivity index (χ4n) is 2.86.